The van der Waals surface area contributed by atoms with Gasteiger partial charge in [0.15, 0.2) is 0 Å². The summed E-state index contributed by atoms with van der Waals surface area (Å²) in [6.07, 6.45) is 0. The van der Waals surface area contributed by atoms with Crippen LogP contribution in [0.4, 0.5) is 5.69 Å². The maximum absolute atomic E-state index is 11.4. The molecule has 88 valence electrons. The van der Waals surface area contributed by atoms with Gasteiger partial charge in [-0.1, -0.05) is 17.7 Å². The van der Waals surface area contributed by atoms with Crippen LogP contribution in [-0.4, -0.2) is 25.3 Å². The Morgan fingerprint density at radius 2 is 1.88 bits per heavy atom. The Labute approximate surface area is 93.3 Å². The molecule has 7 heteroatoms. The van der Waals surface area contributed by atoms with Gasteiger partial charge in [-0.15, -0.1) is 4.47 Å². The van der Waals surface area contributed by atoms with E-state index in [1.807, 2.05) is 6.92 Å². The molecule has 0 atom stereocenters. The number of hydrogen-bond acceptors (Lipinski definition) is 4. The van der Waals surface area contributed by atoms with E-state index in [-0.39, 0.29) is 10.2 Å². The summed E-state index contributed by atoms with van der Waals surface area (Å²) in [7, 11) is -4.11. The first kappa shape index (κ1) is 12.5. The number of aryl methyl sites for hydroxylation is 1. The van der Waals surface area contributed by atoms with Crippen LogP contribution in [-0.2, 0) is 14.8 Å². The molecule has 0 heterocycles. The number of hydrogen-bond donors (Lipinski definition) is 2. The Morgan fingerprint density at radius 3 is 2.31 bits per heavy atom. The van der Waals surface area contributed by atoms with Gasteiger partial charge >= 0.3 is 0 Å². The standard InChI is InChI=1S/C9H12N2O4S/c1-7-2-4-8(5-3-7)11(13)16(14,15)6-9(10)12/h2-5,13H,6H2,1H3,(H2,10,12). The Kier molecular flexibility index (Phi) is 3.51. The second-order valence-corrected chi connectivity index (χ2v) is 5.10. The zero-order chi connectivity index (χ0) is 12.3. The first-order valence-corrected chi connectivity index (χ1v) is 6.01. The van der Waals surface area contributed by atoms with E-state index < -0.39 is 21.7 Å². The van der Waals surface area contributed by atoms with Gasteiger partial charge < -0.3 is 5.73 Å². The predicted octanol–water partition coefficient (Wildman–Crippen LogP) is 0.00572. The van der Waals surface area contributed by atoms with Crippen molar-refractivity contribution in [3.63, 3.8) is 0 Å². The molecule has 0 bridgehead atoms. The van der Waals surface area contributed by atoms with Crippen molar-refractivity contribution in [2.24, 2.45) is 5.73 Å². The van der Waals surface area contributed by atoms with E-state index in [2.05, 4.69) is 0 Å². The third-order valence-electron chi connectivity index (χ3n) is 1.84. The molecule has 0 radical (unpaired) electrons. The number of carbonyl (C=O) groups excluding carboxylic acids is 1. The number of nitrogens with zero attached hydrogens (tertiary/aromatic N) is 1. The van der Waals surface area contributed by atoms with Crippen LogP contribution in [0, 0.1) is 6.92 Å². The third-order valence-corrected chi connectivity index (χ3v) is 3.23. The summed E-state index contributed by atoms with van der Waals surface area (Å²) in [4.78, 5) is 10.5. The number of rotatable bonds is 4. The van der Waals surface area contributed by atoms with Gasteiger partial charge in [0.05, 0.1) is 5.69 Å². The highest BCUT2D eigenvalue weighted by molar-refractivity contribution is 7.93. The fourth-order valence-corrected chi connectivity index (χ4v) is 2.00. The normalized spacial score (nSPS) is 11.1. The highest BCUT2D eigenvalue weighted by atomic mass is 32.2. The van der Waals surface area contributed by atoms with E-state index in [4.69, 9.17) is 5.73 Å². The zero-order valence-electron chi connectivity index (χ0n) is 8.62. The van der Waals surface area contributed by atoms with E-state index >= 15 is 0 Å². The van der Waals surface area contributed by atoms with Crippen molar-refractivity contribution < 1.29 is 18.4 Å². The minimum absolute atomic E-state index is 0.0528. The molecule has 0 spiro atoms. The molecule has 3 N–H and O–H groups in total. The highest BCUT2D eigenvalue weighted by Gasteiger charge is 2.22. The molecule has 0 saturated carbocycles. The average molecular weight is 244 g/mol. The minimum atomic E-state index is -4.11. The van der Waals surface area contributed by atoms with Gasteiger partial charge in [0.2, 0.25) is 5.91 Å². The van der Waals surface area contributed by atoms with Crippen molar-refractivity contribution in [3.05, 3.63) is 29.8 Å². The van der Waals surface area contributed by atoms with E-state index in [1.54, 1.807) is 12.1 Å². The van der Waals surface area contributed by atoms with Crippen LogP contribution in [0.25, 0.3) is 0 Å². The van der Waals surface area contributed by atoms with Crippen molar-refractivity contribution in [3.8, 4) is 0 Å². The Morgan fingerprint density at radius 1 is 1.38 bits per heavy atom. The minimum Gasteiger partial charge on any atom is -0.369 e. The zero-order valence-corrected chi connectivity index (χ0v) is 9.44. The molecule has 0 fully saturated rings. The summed E-state index contributed by atoms with van der Waals surface area (Å²) < 4.78 is 22.9. The molecule has 0 aliphatic rings. The summed E-state index contributed by atoms with van der Waals surface area (Å²) in [6.45, 7) is 1.82. The van der Waals surface area contributed by atoms with Gasteiger partial charge in [-0.3, -0.25) is 10.0 Å². The predicted molar refractivity (Wildman–Crippen MR) is 58.4 cm³/mol. The smallest absolute Gasteiger partial charge is 0.266 e. The number of nitrogens with two attached hydrogens (primary N) is 1. The van der Waals surface area contributed by atoms with Crippen LogP contribution < -0.4 is 10.2 Å². The fourth-order valence-electron chi connectivity index (χ4n) is 1.07. The lowest BCUT2D eigenvalue weighted by Gasteiger charge is -2.15. The second kappa shape index (κ2) is 4.50. The molecule has 1 amide bonds. The number of amides is 1. The quantitative estimate of drug-likeness (QED) is 0.728. The van der Waals surface area contributed by atoms with Crippen molar-refractivity contribution in [2.45, 2.75) is 6.92 Å². The first-order chi connectivity index (χ1) is 7.33. The summed E-state index contributed by atoms with van der Waals surface area (Å²) in [5.74, 6) is -1.96. The van der Waals surface area contributed by atoms with E-state index in [0.717, 1.165) is 5.56 Å². The van der Waals surface area contributed by atoms with Crippen LogP contribution in [0.2, 0.25) is 0 Å². The second-order valence-electron chi connectivity index (χ2n) is 3.30. The largest absolute Gasteiger partial charge is 0.369 e. The fraction of sp³-hybridized carbons (Fsp3) is 0.222. The number of carbonyl (C=O) groups is 1. The van der Waals surface area contributed by atoms with Crippen molar-refractivity contribution in [1.82, 2.24) is 0 Å². The topological polar surface area (TPSA) is 101 Å². The molecule has 1 aromatic rings. The molecule has 0 unspecified atom stereocenters. The molecular formula is C9H12N2O4S. The van der Waals surface area contributed by atoms with E-state index in [9.17, 15) is 18.4 Å². The number of sulfonamides is 1. The first-order valence-electron chi connectivity index (χ1n) is 4.40. The molecular weight excluding hydrogens is 232 g/mol. The van der Waals surface area contributed by atoms with Gasteiger partial charge in [-0.25, -0.2) is 8.42 Å². The Hall–Kier alpha value is -1.60. The van der Waals surface area contributed by atoms with Crippen molar-refractivity contribution in [1.29, 1.82) is 0 Å². The summed E-state index contributed by atoms with van der Waals surface area (Å²) in [5, 5.41) is 9.43. The van der Waals surface area contributed by atoms with Crippen LogP contribution in [0.15, 0.2) is 24.3 Å². The van der Waals surface area contributed by atoms with Crippen LogP contribution in [0.5, 0.6) is 0 Å². The van der Waals surface area contributed by atoms with Gasteiger partial charge in [0, 0.05) is 0 Å². The number of benzene rings is 1. The van der Waals surface area contributed by atoms with Crippen LogP contribution in [0.3, 0.4) is 0 Å². The third kappa shape index (κ3) is 2.94. The SMILES string of the molecule is Cc1ccc(N(O)S(=O)(=O)CC(N)=O)cc1. The lowest BCUT2D eigenvalue weighted by atomic mass is 10.2. The number of anilines is 1. The summed E-state index contributed by atoms with van der Waals surface area (Å²) in [5.41, 5.74) is 5.75. The molecule has 0 aliphatic carbocycles. The van der Waals surface area contributed by atoms with Crippen molar-refractivity contribution in [2.75, 3.05) is 10.2 Å². The number of primary amides is 1. The maximum Gasteiger partial charge on any atom is 0.266 e. The van der Waals surface area contributed by atoms with Crippen LogP contribution in [0.1, 0.15) is 5.56 Å². The lowest BCUT2D eigenvalue weighted by Crippen LogP contribution is -2.35. The Bertz CT molecular complexity index is 481. The molecule has 0 saturated heterocycles. The monoisotopic (exact) mass is 244 g/mol. The Balaban J connectivity index is 2.97. The van der Waals surface area contributed by atoms with Gasteiger partial charge in [0.1, 0.15) is 5.75 Å². The highest BCUT2D eigenvalue weighted by Crippen LogP contribution is 2.16. The van der Waals surface area contributed by atoms with Gasteiger partial charge in [-0.05, 0) is 19.1 Å². The lowest BCUT2D eigenvalue weighted by molar-refractivity contribution is -0.115. The van der Waals surface area contributed by atoms with E-state index in [1.165, 1.54) is 12.1 Å². The maximum atomic E-state index is 11.4. The molecule has 1 aromatic carbocycles. The molecule has 0 aromatic heterocycles. The molecule has 6 nitrogen and oxygen atoms in total. The van der Waals surface area contributed by atoms with Gasteiger partial charge in [0.25, 0.3) is 10.0 Å². The van der Waals surface area contributed by atoms with Gasteiger partial charge in [-0.2, -0.15) is 0 Å². The average Bonchev–Trinajstić information content (AvgIpc) is 2.16. The van der Waals surface area contributed by atoms with E-state index in [0.29, 0.717) is 0 Å². The van der Waals surface area contributed by atoms with Crippen LogP contribution >= 0.6 is 0 Å². The van der Waals surface area contributed by atoms with Crippen molar-refractivity contribution >= 4 is 21.6 Å². The summed E-state index contributed by atoms with van der Waals surface area (Å²) >= 11 is 0. The molecule has 1 rings (SSSR count). The molecule has 0 aliphatic heterocycles. The molecule has 16 heavy (non-hydrogen) atoms. The summed E-state index contributed by atoms with van der Waals surface area (Å²) in [6, 6.07) is 6.12.